The molecule has 1 unspecified atom stereocenters. The number of allylic oxidation sites excluding steroid dienone is 2. The highest BCUT2D eigenvalue weighted by Crippen LogP contribution is 2.21. The predicted molar refractivity (Wildman–Crippen MR) is 112 cm³/mol. The summed E-state index contributed by atoms with van der Waals surface area (Å²) >= 11 is 0. The van der Waals surface area contributed by atoms with E-state index in [2.05, 4.69) is 19.1 Å². The summed E-state index contributed by atoms with van der Waals surface area (Å²) in [6, 6.07) is 0. The van der Waals surface area contributed by atoms with Crippen LogP contribution in [0, 0.1) is 0 Å². The van der Waals surface area contributed by atoms with Gasteiger partial charge < -0.3 is 5.11 Å². The number of ketones is 1. The van der Waals surface area contributed by atoms with Crippen LogP contribution in [0.15, 0.2) is 12.2 Å². The normalized spacial score (nSPS) is 14.2. The van der Waals surface area contributed by atoms with Gasteiger partial charge in [-0.2, -0.15) is 8.42 Å². The molecule has 1 atom stereocenters. The zero-order chi connectivity index (χ0) is 21.5. The second-order valence-corrected chi connectivity index (χ2v) is 9.34. The summed E-state index contributed by atoms with van der Waals surface area (Å²) in [7, 11) is -4.99. The van der Waals surface area contributed by atoms with Crippen LogP contribution in [0.4, 0.5) is 0 Å². The van der Waals surface area contributed by atoms with E-state index >= 15 is 0 Å². The first kappa shape index (κ1) is 26.8. The van der Waals surface area contributed by atoms with E-state index in [0.717, 1.165) is 45.4 Å². The van der Waals surface area contributed by atoms with Gasteiger partial charge in [-0.3, -0.25) is 9.35 Å². The minimum absolute atomic E-state index is 0.166. The number of carboxylic acid groups (broad SMARTS) is 1. The van der Waals surface area contributed by atoms with Crippen molar-refractivity contribution in [2.45, 2.75) is 108 Å². The molecule has 0 fully saturated rings. The van der Waals surface area contributed by atoms with Gasteiger partial charge in [-0.05, 0) is 39.0 Å². The molecule has 0 amide bonds. The largest absolute Gasteiger partial charge is 0.480 e. The van der Waals surface area contributed by atoms with Gasteiger partial charge in [0, 0.05) is 6.42 Å². The van der Waals surface area contributed by atoms with Gasteiger partial charge in [0.25, 0.3) is 10.1 Å². The lowest BCUT2D eigenvalue weighted by molar-refractivity contribution is -0.143. The molecular formula is C21H38O6S. The maximum absolute atomic E-state index is 12.0. The number of aliphatic carboxylic acids is 1. The van der Waals surface area contributed by atoms with Gasteiger partial charge in [0.2, 0.25) is 4.75 Å². The SMILES string of the molecule is CCCCCCCC/C=C\CCCCCCCC(=O)C(C)(C(=O)O)S(=O)(=O)O. The van der Waals surface area contributed by atoms with Crippen molar-refractivity contribution in [3.63, 3.8) is 0 Å². The van der Waals surface area contributed by atoms with Crippen molar-refractivity contribution in [3.8, 4) is 0 Å². The third kappa shape index (κ3) is 10.4. The Bertz CT molecular complexity index is 582. The van der Waals surface area contributed by atoms with Crippen LogP contribution >= 0.6 is 0 Å². The summed E-state index contributed by atoms with van der Waals surface area (Å²) in [5, 5.41) is 9.00. The van der Waals surface area contributed by atoms with Crippen LogP contribution in [0.2, 0.25) is 0 Å². The number of Topliss-reactive ketones (excluding diaryl/α,β-unsaturated/α-hetero) is 1. The second kappa shape index (κ2) is 14.7. The fourth-order valence-electron chi connectivity index (χ4n) is 2.97. The molecular weight excluding hydrogens is 380 g/mol. The highest BCUT2D eigenvalue weighted by Gasteiger charge is 2.52. The Morgan fingerprint density at radius 3 is 1.68 bits per heavy atom. The zero-order valence-corrected chi connectivity index (χ0v) is 18.3. The number of hydrogen-bond donors (Lipinski definition) is 2. The van der Waals surface area contributed by atoms with Crippen molar-refractivity contribution in [2.24, 2.45) is 0 Å². The standard InChI is InChI=1S/C21H38O6S/c1-3-4-5-6-7-8-9-10-11-12-13-14-15-16-17-18-19(22)21(2,20(23)24)28(25,26)27/h10-11H,3-9,12-18H2,1-2H3,(H,23,24)(H,25,26,27)/b11-10-. The zero-order valence-electron chi connectivity index (χ0n) is 17.5. The lowest BCUT2D eigenvalue weighted by atomic mass is 9.99. The lowest BCUT2D eigenvalue weighted by Gasteiger charge is -2.19. The van der Waals surface area contributed by atoms with E-state index in [1.165, 1.54) is 38.5 Å². The van der Waals surface area contributed by atoms with E-state index in [-0.39, 0.29) is 6.42 Å². The van der Waals surface area contributed by atoms with Crippen molar-refractivity contribution in [1.29, 1.82) is 0 Å². The van der Waals surface area contributed by atoms with Gasteiger partial charge in [-0.15, -0.1) is 0 Å². The van der Waals surface area contributed by atoms with E-state index < -0.39 is 26.6 Å². The van der Waals surface area contributed by atoms with Gasteiger partial charge >= 0.3 is 5.97 Å². The van der Waals surface area contributed by atoms with E-state index in [9.17, 15) is 18.0 Å². The number of carbonyl (C=O) groups excluding carboxylic acids is 1. The van der Waals surface area contributed by atoms with Crippen molar-refractivity contribution < 1.29 is 27.7 Å². The third-order valence-electron chi connectivity index (χ3n) is 5.12. The van der Waals surface area contributed by atoms with Gasteiger partial charge in [-0.1, -0.05) is 70.4 Å². The van der Waals surface area contributed by atoms with Crippen molar-refractivity contribution in [2.75, 3.05) is 0 Å². The van der Waals surface area contributed by atoms with Crippen LogP contribution in [0.25, 0.3) is 0 Å². The molecule has 0 aliphatic heterocycles. The molecule has 0 saturated heterocycles. The topological polar surface area (TPSA) is 109 Å². The fourth-order valence-corrected chi connectivity index (χ4v) is 3.58. The van der Waals surface area contributed by atoms with Crippen LogP contribution in [0.5, 0.6) is 0 Å². The Balaban J connectivity index is 3.75. The molecule has 7 heteroatoms. The summed E-state index contributed by atoms with van der Waals surface area (Å²) in [6.07, 6.45) is 18.5. The second-order valence-electron chi connectivity index (χ2n) is 7.57. The first-order valence-electron chi connectivity index (χ1n) is 10.6. The summed E-state index contributed by atoms with van der Waals surface area (Å²) in [5.41, 5.74) is 0. The molecule has 0 aliphatic carbocycles. The highest BCUT2D eigenvalue weighted by molar-refractivity contribution is 7.89. The Labute approximate surface area is 170 Å². The van der Waals surface area contributed by atoms with E-state index in [4.69, 9.17) is 9.66 Å². The predicted octanol–water partition coefficient (Wildman–Crippen LogP) is 5.32. The molecule has 0 aliphatic rings. The lowest BCUT2D eigenvalue weighted by Crippen LogP contribution is -2.50. The molecule has 0 saturated carbocycles. The Morgan fingerprint density at radius 2 is 1.25 bits per heavy atom. The van der Waals surface area contributed by atoms with Gasteiger partial charge in [0.05, 0.1) is 0 Å². The van der Waals surface area contributed by atoms with E-state index in [1.54, 1.807) is 0 Å². The van der Waals surface area contributed by atoms with Crippen LogP contribution in [0.1, 0.15) is 104 Å². The Hall–Kier alpha value is -1.21. The molecule has 0 spiro atoms. The van der Waals surface area contributed by atoms with Gasteiger partial charge in [0.1, 0.15) is 0 Å². The summed E-state index contributed by atoms with van der Waals surface area (Å²) in [6.45, 7) is 2.96. The first-order chi connectivity index (χ1) is 13.2. The molecule has 0 radical (unpaired) electrons. The maximum Gasteiger partial charge on any atom is 0.335 e. The molecule has 0 aromatic rings. The van der Waals surface area contributed by atoms with Crippen LogP contribution in [-0.2, 0) is 19.7 Å². The molecule has 0 bridgehead atoms. The van der Waals surface area contributed by atoms with E-state index in [1.807, 2.05) is 0 Å². The number of carbonyl (C=O) groups is 2. The highest BCUT2D eigenvalue weighted by atomic mass is 32.2. The first-order valence-corrected chi connectivity index (χ1v) is 12.0. The summed E-state index contributed by atoms with van der Waals surface area (Å²) in [5.74, 6) is -2.81. The molecule has 2 N–H and O–H groups in total. The fraction of sp³-hybridized carbons (Fsp3) is 0.810. The number of unbranched alkanes of at least 4 members (excludes halogenated alkanes) is 11. The Morgan fingerprint density at radius 1 is 0.821 bits per heavy atom. The van der Waals surface area contributed by atoms with Crippen molar-refractivity contribution in [3.05, 3.63) is 12.2 Å². The molecule has 0 aromatic carbocycles. The van der Waals surface area contributed by atoms with Crippen LogP contribution < -0.4 is 0 Å². The Kier molecular flexibility index (Phi) is 14.1. The number of hydrogen-bond acceptors (Lipinski definition) is 4. The summed E-state index contributed by atoms with van der Waals surface area (Å²) < 4.78 is 28.8. The molecule has 28 heavy (non-hydrogen) atoms. The quantitative estimate of drug-likeness (QED) is 0.135. The maximum atomic E-state index is 12.0. The molecule has 164 valence electrons. The summed E-state index contributed by atoms with van der Waals surface area (Å²) in [4.78, 5) is 23.1. The van der Waals surface area contributed by atoms with E-state index in [0.29, 0.717) is 6.42 Å². The monoisotopic (exact) mass is 418 g/mol. The third-order valence-corrected chi connectivity index (χ3v) is 6.56. The minimum atomic E-state index is -4.99. The average molecular weight is 419 g/mol. The van der Waals surface area contributed by atoms with Crippen molar-refractivity contribution in [1.82, 2.24) is 0 Å². The van der Waals surface area contributed by atoms with Gasteiger partial charge in [0.15, 0.2) is 5.78 Å². The molecule has 0 heterocycles. The number of carboxylic acids is 1. The number of rotatable bonds is 18. The molecule has 6 nitrogen and oxygen atoms in total. The minimum Gasteiger partial charge on any atom is -0.480 e. The van der Waals surface area contributed by atoms with Gasteiger partial charge in [-0.25, -0.2) is 4.79 Å². The molecule has 0 rings (SSSR count). The van der Waals surface area contributed by atoms with Crippen LogP contribution in [-0.4, -0.2) is 34.6 Å². The molecule has 0 aromatic heterocycles. The average Bonchev–Trinajstić information content (AvgIpc) is 2.62. The van der Waals surface area contributed by atoms with Crippen molar-refractivity contribution >= 4 is 21.9 Å². The van der Waals surface area contributed by atoms with Crippen LogP contribution in [0.3, 0.4) is 0 Å². The smallest absolute Gasteiger partial charge is 0.335 e.